The summed E-state index contributed by atoms with van der Waals surface area (Å²) >= 11 is 0. The van der Waals surface area contributed by atoms with Crippen molar-refractivity contribution in [3.05, 3.63) is 109 Å². The highest BCUT2D eigenvalue weighted by Gasteiger charge is 2.19. The smallest absolute Gasteiger partial charge is 0.306 e. The largest absolute Gasteiger partial charge is 0.462 e. The van der Waals surface area contributed by atoms with Crippen LogP contribution >= 0.6 is 0 Å². The fraction of sp³-hybridized carbons (Fsp3) is 0.644. The van der Waals surface area contributed by atoms with Crippen LogP contribution in [0.25, 0.3) is 0 Å². The third-order valence-corrected chi connectivity index (χ3v) is 10.9. The highest BCUT2D eigenvalue weighted by atomic mass is 16.6. The van der Waals surface area contributed by atoms with Gasteiger partial charge in [0.25, 0.3) is 0 Å². The van der Waals surface area contributed by atoms with E-state index in [4.69, 9.17) is 14.2 Å². The van der Waals surface area contributed by atoms with E-state index in [2.05, 4.69) is 75.5 Å². The quantitative estimate of drug-likeness (QED) is 0.0199. The molecule has 6 nitrogen and oxygen atoms in total. The normalized spacial score (nSPS) is 13.0. The monoisotopic (exact) mass is 901 g/mol. The molecule has 0 radical (unpaired) electrons. The molecule has 0 aromatic rings. The maximum Gasteiger partial charge on any atom is 0.306 e. The van der Waals surface area contributed by atoms with E-state index in [1.165, 1.54) is 103 Å². The second-order valence-corrected chi connectivity index (χ2v) is 17.2. The van der Waals surface area contributed by atoms with Gasteiger partial charge in [0, 0.05) is 19.3 Å². The molecule has 1 atom stereocenters. The van der Waals surface area contributed by atoms with E-state index in [1.807, 2.05) is 54.7 Å². The molecule has 1 unspecified atom stereocenters. The van der Waals surface area contributed by atoms with Crippen LogP contribution in [0.5, 0.6) is 0 Å². The Morgan fingerprint density at radius 2 is 0.677 bits per heavy atom. The Bertz CT molecular complexity index is 1360. The van der Waals surface area contributed by atoms with Crippen LogP contribution in [-0.4, -0.2) is 37.2 Å². The third-order valence-electron chi connectivity index (χ3n) is 10.9. The molecular weight excluding hydrogens is 805 g/mol. The van der Waals surface area contributed by atoms with Crippen LogP contribution in [0.1, 0.15) is 226 Å². The average Bonchev–Trinajstić information content (AvgIpc) is 3.30. The van der Waals surface area contributed by atoms with Crippen LogP contribution in [0, 0.1) is 0 Å². The molecule has 0 aliphatic carbocycles. The zero-order valence-corrected chi connectivity index (χ0v) is 42.0. The molecule has 0 amide bonds. The first-order valence-corrected chi connectivity index (χ1v) is 26.5. The van der Waals surface area contributed by atoms with Crippen LogP contribution in [0.4, 0.5) is 0 Å². The van der Waals surface area contributed by atoms with Crippen molar-refractivity contribution < 1.29 is 28.6 Å². The number of unbranched alkanes of at least 4 members (excludes halogenated alkanes) is 21. The number of esters is 3. The molecule has 0 aromatic heterocycles. The van der Waals surface area contributed by atoms with Gasteiger partial charge in [0.15, 0.2) is 6.10 Å². The van der Waals surface area contributed by atoms with Crippen molar-refractivity contribution in [2.24, 2.45) is 0 Å². The van der Waals surface area contributed by atoms with Crippen LogP contribution < -0.4 is 0 Å². The Morgan fingerprint density at radius 1 is 0.338 bits per heavy atom. The summed E-state index contributed by atoms with van der Waals surface area (Å²) < 4.78 is 16.7. The first-order chi connectivity index (χ1) is 32.0. The van der Waals surface area contributed by atoms with Crippen LogP contribution in [-0.2, 0) is 28.6 Å². The lowest BCUT2D eigenvalue weighted by Gasteiger charge is -2.18. The molecule has 0 aliphatic heterocycles. The molecule has 65 heavy (non-hydrogen) atoms. The molecule has 6 heteroatoms. The van der Waals surface area contributed by atoms with Gasteiger partial charge in [0.2, 0.25) is 0 Å². The standard InChI is InChI=1S/C59H96O6/c1-4-7-10-13-16-19-22-25-27-29-31-34-37-40-43-46-49-52-58(61)64-55-56(54-63-57(60)51-48-45-42-39-36-33-24-21-18-15-12-9-6-3)65-59(62)53-50-47-44-41-38-35-32-30-28-26-23-20-17-14-11-8-5-2/h9,12,15-21,24-28,33,36,39,42,56H,4-8,10-11,13-14,22-23,29-32,34-35,37-38,40-41,43-55H2,1-3H3/b12-9-,18-15-,19-16-,20-17-,24-21-,27-25-,28-26-,36-33-,42-39-. The second-order valence-electron chi connectivity index (χ2n) is 17.2. The number of carbonyl (C=O) groups is 3. The molecule has 368 valence electrons. The Hall–Kier alpha value is -3.93. The Labute approximate surface area is 400 Å². The third kappa shape index (κ3) is 50.9. The predicted molar refractivity (Wildman–Crippen MR) is 279 cm³/mol. The summed E-state index contributed by atoms with van der Waals surface area (Å²) in [6.07, 6.45) is 70.7. The fourth-order valence-electron chi connectivity index (χ4n) is 6.88. The van der Waals surface area contributed by atoms with E-state index in [1.54, 1.807) is 0 Å². The highest BCUT2D eigenvalue weighted by molar-refractivity contribution is 5.71. The van der Waals surface area contributed by atoms with E-state index in [0.29, 0.717) is 19.3 Å². The molecule has 0 aliphatic rings. The molecule has 0 saturated heterocycles. The molecule has 0 fully saturated rings. The summed E-state index contributed by atoms with van der Waals surface area (Å²) in [5.74, 6) is -1.01. The van der Waals surface area contributed by atoms with Gasteiger partial charge < -0.3 is 14.2 Å². The minimum atomic E-state index is -0.816. The Morgan fingerprint density at radius 3 is 1.11 bits per heavy atom. The summed E-state index contributed by atoms with van der Waals surface area (Å²) in [4.78, 5) is 38.0. The van der Waals surface area contributed by atoms with Crippen molar-refractivity contribution in [1.29, 1.82) is 0 Å². The fourth-order valence-corrected chi connectivity index (χ4v) is 6.88. The maximum atomic E-state index is 12.8. The van der Waals surface area contributed by atoms with E-state index in [9.17, 15) is 14.4 Å². The van der Waals surface area contributed by atoms with Crippen molar-refractivity contribution in [3.63, 3.8) is 0 Å². The van der Waals surface area contributed by atoms with E-state index < -0.39 is 6.10 Å². The SMILES string of the molecule is CC\C=C/C=C\C=C/C=C\C=C/CCCC(=O)OCC(COC(=O)CCCCCCCCC/C=C\C/C=C\CCCCC)OC(=O)CCCCCCCCC/C=C\C/C=C\CCCCC. The molecule has 0 rings (SSSR count). The molecule has 0 heterocycles. The lowest BCUT2D eigenvalue weighted by atomic mass is 10.1. The molecule has 0 N–H and O–H groups in total. The number of hydrogen-bond acceptors (Lipinski definition) is 6. The lowest BCUT2D eigenvalue weighted by molar-refractivity contribution is -0.167. The average molecular weight is 901 g/mol. The van der Waals surface area contributed by atoms with Gasteiger partial charge in [-0.1, -0.05) is 220 Å². The number of hydrogen-bond donors (Lipinski definition) is 0. The van der Waals surface area contributed by atoms with Gasteiger partial charge in [-0.15, -0.1) is 0 Å². The van der Waals surface area contributed by atoms with Gasteiger partial charge in [0.1, 0.15) is 13.2 Å². The number of ether oxygens (including phenoxy) is 3. The summed E-state index contributed by atoms with van der Waals surface area (Å²) in [6, 6.07) is 0. The van der Waals surface area contributed by atoms with Crippen molar-refractivity contribution >= 4 is 17.9 Å². The predicted octanol–water partition coefficient (Wildman–Crippen LogP) is 17.5. The first kappa shape index (κ1) is 61.1. The zero-order valence-electron chi connectivity index (χ0n) is 42.0. The van der Waals surface area contributed by atoms with Crippen LogP contribution in [0.15, 0.2) is 109 Å². The van der Waals surface area contributed by atoms with Crippen molar-refractivity contribution in [2.75, 3.05) is 13.2 Å². The maximum absolute atomic E-state index is 12.8. The molecule has 0 saturated carbocycles. The molecule has 0 spiro atoms. The van der Waals surface area contributed by atoms with Crippen molar-refractivity contribution in [1.82, 2.24) is 0 Å². The van der Waals surface area contributed by atoms with Crippen molar-refractivity contribution in [3.8, 4) is 0 Å². The topological polar surface area (TPSA) is 78.9 Å². The van der Waals surface area contributed by atoms with Gasteiger partial charge in [-0.05, 0) is 96.3 Å². The van der Waals surface area contributed by atoms with Gasteiger partial charge in [-0.25, -0.2) is 0 Å². The Kier molecular flexibility index (Phi) is 49.5. The van der Waals surface area contributed by atoms with E-state index in [0.717, 1.165) is 77.0 Å². The van der Waals surface area contributed by atoms with Crippen LogP contribution in [0.2, 0.25) is 0 Å². The van der Waals surface area contributed by atoms with Crippen molar-refractivity contribution in [2.45, 2.75) is 232 Å². The number of allylic oxidation sites excluding steroid dienone is 18. The van der Waals surface area contributed by atoms with E-state index in [-0.39, 0.29) is 37.5 Å². The van der Waals surface area contributed by atoms with Gasteiger partial charge in [-0.3, -0.25) is 14.4 Å². The summed E-state index contributed by atoms with van der Waals surface area (Å²) in [5, 5.41) is 0. The minimum Gasteiger partial charge on any atom is -0.462 e. The first-order valence-electron chi connectivity index (χ1n) is 26.5. The zero-order chi connectivity index (χ0) is 47.2. The number of rotatable bonds is 46. The number of carbonyl (C=O) groups excluding carboxylic acids is 3. The molecule has 0 aromatic carbocycles. The molecule has 0 bridgehead atoms. The molecular formula is C59H96O6. The summed E-state index contributed by atoms with van der Waals surface area (Å²) in [5.41, 5.74) is 0. The van der Waals surface area contributed by atoms with Gasteiger partial charge >= 0.3 is 17.9 Å². The Balaban J connectivity index is 4.50. The second kappa shape index (κ2) is 52.7. The lowest BCUT2D eigenvalue weighted by Crippen LogP contribution is -2.30. The highest BCUT2D eigenvalue weighted by Crippen LogP contribution is 2.14. The van der Waals surface area contributed by atoms with Gasteiger partial charge in [-0.2, -0.15) is 0 Å². The summed E-state index contributed by atoms with van der Waals surface area (Å²) in [6.45, 7) is 6.36. The van der Waals surface area contributed by atoms with Gasteiger partial charge in [0.05, 0.1) is 0 Å². The van der Waals surface area contributed by atoms with Crippen LogP contribution in [0.3, 0.4) is 0 Å². The minimum absolute atomic E-state index is 0.110. The summed E-state index contributed by atoms with van der Waals surface area (Å²) in [7, 11) is 0. The van der Waals surface area contributed by atoms with E-state index >= 15 is 0 Å².